The lowest BCUT2D eigenvalue weighted by Gasteiger charge is -2.03. The molecule has 0 N–H and O–H groups in total. The third kappa shape index (κ3) is 2.49. The average Bonchev–Trinajstić information content (AvgIpc) is 2.66. The number of nitrogens with zero attached hydrogens (tertiary/aromatic N) is 1. The predicted octanol–water partition coefficient (Wildman–Crippen LogP) is 4.43. The zero-order valence-corrected chi connectivity index (χ0v) is 10.9. The summed E-state index contributed by atoms with van der Waals surface area (Å²) in [4.78, 5) is 11.0. The second-order valence-electron chi connectivity index (χ2n) is 3.55. The van der Waals surface area contributed by atoms with Crippen LogP contribution in [-0.2, 0) is 6.54 Å². The van der Waals surface area contributed by atoms with E-state index >= 15 is 0 Å². The summed E-state index contributed by atoms with van der Waals surface area (Å²) >= 11 is 17.3. The van der Waals surface area contributed by atoms with E-state index in [2.05, 4.69) is 0 Å². The minimum atomic E-state index is 0.412. The number of hydrogen-bond donors (Lipinski definition) is 0. The predicted molar refractivity (Wildman–Crippen MR) is 72.1 cm³/mol. The van der Waals surface area contributed by atoms with Gasteiger partial charge in [0.15, 0.2) is 6.29 Å². The van der Waals surface area contributed by atoms with Crippen LogP contribution in [0.1, 0.15) is 10.4 Å². The molecule has 0 unspecified atom stereocenters. The van der Waals surface area contributed by atoms with Gasteiger partial charge < -0.3 is 4.57 Å². The molecular formula is C12H8Cl3NO. The molecule has 0 fully saturated rings. The number of fused-ring (bicyclic) bond motifs is 1. The number of carbonyl (C=O) groups excluding carboxylic acids is 1. The van der Waals surface area contributed by atoms with Crippen molar-refractivity contribution in [1.29, 1.82) is 0 Å². The Kier molecular flexibility index (Phi) is 3.77. The van der Waals surface area contributed by atoms with Crippen LogP contribution >= 0.6 is 34.8 Å². The van der Waals surface area contributed by atoms with Gasteiger partial charge in [0.2, 0.25) is 0 Å². The van der Waals surface area contributed by atoms with Crippen molar-refractivity contribution in [3.8, 4) is 0 Å². The number of aldehydes is 1. The summed E-state index contributed by atoms with van der Waals surface area (Å²) in [5.74, 6) is 0. The van der Waals surface area contributed by atoms with Gasteiger partial charge in [0, 0.05) is 32.7 Å². The monoisotopic (exact) mass is 287 g/mol. The number of rotatable bonds is 3. The largest absolute Gasteiger partial charge is 0.341 e. The van der Waals surface area contributed by atoms with Gasteiger partial charge in [-0.3, -0.25) is 4.79 Å². The van der Waals surface area contributed by atoms with Gasteiger partial charge in [0.1, 0.15) is 0 Å². The van der Waals surface area contributed by atoms with Gasteiger partial charge in [-0.2, -0.15) is 0 Å². The molecule has 2 rings (SSSR count). The number of carbonyl (C=O) groups is 1. The van der Waals surface area contributed by atoms with Crippen molar-refractivity contribution in [2.45, 2.75) is 6.54 Å². The molecule has 1 heterocycles. The minimum absolute atomic E-state index is 0.412. The van der Waals surface area contributed by atoms with Crippen LogP contribution in [0.4, 0.5) is 0 Å². The molecule has 0 saturated heterocycles. The molecule has 0 radical (unpaired) electrons. The maximum Gasteiger partial charge on any atom is 0.152 e. The number of benzene rings is 1. The Hall–Kier alpha value is -0.960. The average molecular weight is 289 g/mol. The van der Waals surface area contributed by atoms with Crippen molar-refractivity contribution in [1.82, 2.24) is 4.57 Å². The summed E-state index contributed by atoms with van der Waals surface area (Å²) < 4.78 is 1.84. The summed E-state index contributed by atoms with van der Waals surface area (Å²) in [7, 11) is 0. The van der Waals surface area contributed by atoms with Crippen molar-refractivity contribution < 1.29 is 4.79 Å². The van der Waals surface area contributed by atoms with E-state index in [1.807, 2.05) is 10.6 Å². The lowest BCUT2D eigenvalue weighted by molar-refractivity contribution is 0.112. The first-order valence-electron chi connectivity index (χ1n) is 4.84. The summed E-state index contributed by atoms with van der Waals surface area (Å²) in [6.07, 6.45) is 2.54. The van der Waals surface area contributed by atoms with Crippen LogP contribution in [0.25, 0.3) is 10.9 Å². The summed E-state index contributed by atoms with van der Waals surface area (Å²) in [5, 5.41) is 1.95. The van der Waals surface area contributed by atoms with Crippen LogP contribution < -0.4 is 0 Å². The highest BCUT2D eigenvalue weighted by Crippen LogP contribution is 2.25. The van der Waals surface area contributed by atoms with E-state index in [9.17, 15) is 4.79 Å². The topological polar surface area (TPSA) is 22.0 Å². The van der Waals surface area contributed by atoms with Gasteiger partial charge in [-0.25, -0.2) is 0 Å². The smallest absolute Gasteiger partial charge is 0.152 e. The van der Waals surface area contributed by atoms with Crippen LogP contribution in [-0.4, -0.2) is 10.9 Å². The molecule has 0 spiro atoms. The minimum Gasteiger partial charge on any atom is -0.341 e. The molecule has 1 aromatic heterocycles. The van der Waals surface area contributed by atoms with E-state index in [1.165, 1.54) is 5.54 Å². The Morgan fingerprint density at radius 3 is 2.82 bits per heavy atom. The van der Waals surface area contributed by atoms with Crippen molar-refractivity contribution in [2.75, 3.05) is 0 Å². The van der Waals surface area contributed by atoms with E-state index in [4.69, 9.17) is 34.8 Å². The van der Waals surface area contributed by atoms with Crippen LogP contribution in [0.3, 0.4) is 0 Å². The Bertz CT molecular complexity index is 601. The zero-order valence-electron chi connectivity index (χ0n) is 8.66. The van der Waals surface area contributed by atoms with Crippen molar-refractivity contribution in [3.63, 3.8) is 0 Å². The van der Waals surface area contributed by atoms with E-state index in [0.29, 0.717) is 22.2 Å². The Balaban J connectivity index is 2.62. The molecule has 2 nitrogen and oxygen atoms in total. The SMILES string of the molecule is O=Cc1cn(C/C(Cl)=C\Cl)c2cc(Cl)ccc12. The molecule has 5 heteroatoms. The summed E-state index contributed by atoms with van der Waals surface area (Å²) in [5.41, 5.74) is 2.77. The zero-order chi connectivity index (χ0) is 12.4. The fraction of sp³-hybridized carbons (Fsp3) is 0.0833. The first-order chi connectivity index (χ1) is 8.15. The first kappa shape index (κ1) is 12.5. The van der Waals surface area contributed by atoms with E-state index in [0.717, 1.165) is 17.2 Å². The highest BCUT2D eigenvalue weighted by atomic mass is 35.5. The molecule has 0 aliphatic carbocycles. The van der Waals surface area contributed by atoms with Gasteiger partial charge >= 0.3 is 0 Å². The normalized spacial score (nSPS) is 12.1. The lowest BCUT2D eigenvalue weighted by Crippen LogP contribution is -1.95. The molecule has 0 amide bonds. The molecule has 88 valence electrons. The van der Waals surface area contributed by atoms with Gasteiger partial charge in [0.05, 0.1) is 12.1 Å². The Morgan fingerprint density at radius 1 is 1.41 bits per heavy atom. The standard InChI is InChI=1S/C12H8Cl3NO/c13-4-10(15)6-16-5-8(7-17)11-2-1-9(14)3-12(11)16/h1-5,7H,6H2/b10-4+. The molecule has 2 aromatic rings. The van der Waals surface area contributed by atoms with Crippen LogP contribution in [0.15, 0.2) is 35.0 Å². The first-order valence-corrected chi connectivity index (χ1v) is 6.03. The maximum absolute atomic E-state index is 11.0. The van der Waals surface area contributed by atoms with Gasteiger partial charge in [0.25, 0.3) is 0 Å². The van der Waals surface area contributed by atoms with Gasteiger partial charge in [-0.15, -0.1) is 0 Å². The third-order valence-electron chi connectivity index (χ3n) is 2.44. The molecule has 0 atom stereocenters. The van der Waals surface area contributed by atoms with E-state index < -0.39 is 0 Å². The van der Waals surface area contributed by atoms with Gasteiger partial charge in [-0.1, -0.05) is 40.9 Å². The van der Waals surface area contributed by atoms with Gasteiger partial charge in [-0.05, 0) is 12.1 Å². The molecule has 0 aliphatic heterocycles. The van der Waals surface area contributed by atoms with Crippen molar-refractivity contribution in [3.05, 3.63) is 45.5 Å². The quantitative estimate of drug-likeness (QED) is 0.766. The Labute approximate surface area is 113 Å². The van der Waals surface area contributed by atoms with E-state index in [1.54, 1.807) is 18.3 Å². The molecular weight excluding hydrogens is 280 g/mol. The molecule has 17 heavy (non-hydrogen) atoms. The summed E-state index contributed by atoms with van der Waals surface area (Å²) in [6, 6.07) is 5.36. The second-order valence-corrected chi connectivity index (χ2v) is 4.69. The number of allylic oxidation sites excluding steroid dienone is 1. The maximum atomic E-state index is 11.0. The number of hydrogen-bond acceptors (Lipinski definition) is 1. The fourth-order valence-electron chi connectivity index (χ4n) is 1.72. The van der Waals surface area contributed by atoms with Crippen molar-refractivity contribution in [2.24, 2.45) is 0 Å². The molecule has 0 saturated carbocycles. The number of aromatic nitrogens is 1. The third-order valence-corrected chi connectivity index (χ3v) is 3.28. The molecule has 0 aliphatic rings. The van der Waals surface area contributed by atoms with Crippen LogP contribution in [0, 0.1) is 0 Å². The number of halogens is 3. The fourth-order valence-corrected chi connectivity index (χ4v) is 2.08. The summed E-state index contributed by atoms with van der Waals surface area (Å²) in [6.45, 7) is 0.412. The lowest BCUT2D eigenvalue weighted by atomic mass is 10.2. The van der Waals surface area contributed by atoms with Crippen LogP contribution in [0.5, 0.6) is 0 Å². The molecule has 0 bridgehead atoms. The van der Waals surface area contributed by atoms with Crippen LogP contribution in [0.2, 0.25) is 5.02 Å². The molecule has 1 aromatic carbocycles. The highest BCUT2D eigenvalue weighted by molar-refractivity contribution is 6.36. The highest BCUT2D eigenvalue weighted by Gasteiger charge is 2.09. The van der Waals surface area contributed by atoms with E-state index in [-0.39, 0.29) is 0 Å². The second kappa shape index (κ2) is 5.13. The Morgan fingerprint density at radius 2 is 2.18 bits per heavy atom. The van der Waals surface area contributed by atoms with Crippen molar-refractivity contribution >= 4 is 52.0 Å².